The van der Waals surface area contributed by atoms with Crippen molar-refractivity contribution in [1.29, 1.82) is 0 Å². The minimum absolute atomic E-state index is 0.0749. The molecule has 1 aliphatic rings. The number of ether oxygens (including phenoxy) is 1. The topological polar surface area (TPSA) is 41.6 Å². The summed E-state index contributed by atoms with van der Waals surface area (Å²) in [5.41, 5.74) is 1.56. The molecule has 25 heavy (non-hydrogen) atoms. The predicted octanol–water partition coefficient (Wildman–Crippen LogP) is 4.51. The van der Waals surface area contributed by atoms with Gasteiger partial charge in [-0.2, -0.15) is 0 Å². The third-order valence-corrected chi connectivity index (χ3v) is 5.16. The second-order valence-electron chi connectivity index (χ2n) is 6.05. The fourth-order valence-electron chi connectivity index (χ4n) is 3.14. The lowest BCUT2D eigenvalue weighted by atomic mass is 10.0. The van der Waals surface area contributed by atoms with E-state index in [1.54, 1.807) is 19.2 Å². The molecule has 4 nitrogen and oxygen atoms in total. The van der Waals surface area contributed by atoms with Gasteiger partial charge in [-0.3, -0.25) is 4.79 Å². The van der Waals surface area contributed by atoms with Crippen LogP contribution in [0.3, 0.4) is 0 Å². The summed E-state index contributed by atoms with van der Waals surface area (Å²) in [6.45, 7) is 1.70. The average molecular weight is 424 g/mol. The third-order valence-electron chi connectivity index (χ3n) is 4.36. The molecular weight excluding hydrogens is 404 g/mol. The van der Waals surface area contributed by atoms with E-state index in [0.29, 0.717) is 10.6 Å². The Morgan fingerprint density at radius 3 is 2.88 bits per heavy atom. The molecule has 1 N–H and O–H groups in total. The lowest BCUT2D eigenvalue weighted by Crippen LogP contribution is -2.48. The van der Waals surface area contributed by atoms with Gasteiger partial charge in [0.1, 0.15) is 5.75 Å². The lowest BCUT2D eigenvalue weighted by Gasteiger charge is -2.35. The quantitative estimate of drug-likeness (QED) is 0.787. The van der Waals surface area contributed by atoms with E-state index >= 15 is 0 Å². The molecule has 1 saturated heterocycles. The van der Waals surface area contributed by atoms with Crippen LogP contribution < -0.4 is 15.0 Å². The Hall–Kier alpha value is -1.72. The molecule has 1 aliphatic heterocycles. The van der Waals surface area contributed by atoms with Crippen LogP contribution in [0.15, 0.2) is 46.9 Å². The van der Waals surface area contributed by atoms with Gasteiger partial charge in [0.2, 0.25) is 0 Å². The molecule has 132 valence electrons. The zero-order valence-corrected chi connectivity index (χ0v) is 16.3. The van der Waals surface area contributed by atoms with Crippen LogP contribution in [0.2, 0.25) is 5.02 Å². The van der Waals surface area contributed by atoms with Crippen LogP contribution in [0.25, 0.3) is 0 Å². The number of halogens is 2. The van der Waals surface area contributed by atoms with E-state index in [0.717, 1.165) is 41.8 Å². The first-order chi connectivity index (χ1) is 12.1. The molecule has 0 aliphatic carbocycles. The minimum Gasteiger partial charge on any atom is -0.495 e. The molecule has 2 aromatic rings. The summed E-state index contributed by atoms with van der Waals surface area (Å²) >= 11 is 9.54. The standard InChI is InChI=1S/C19H20BrClN2O2/c1-25-18-7-3-2-6-17(18)23-10-4-5-14(12-23)22-19(24)15-9-8-13(20)11-16(15)21/h2-3,6-9,11,14H,4-5,10,12H2,1H3,(H,22,24). The second-order valence-corrected chi connectivity index (χ2v) is 7.38. The van der Waals surface area contributed by atoms with E-state index in [1.165, 1.54) is 0 Å². The van der Waals surface area contributed by atoms with Crippen molar-refractivity contribution in [2.45, 2.75) is 18.9 Å². The van der Waals surface area contributed by atoms with Crippen molar-refractivity contribution in [3.63, 3.8) is 0 Å². The number of nitrogens with zero attached hydrogens (tertiary/aromatic N) is 1. The number of carbonyl (C=O) groups is 1. The van der Waals surface area contributed by atoms with Crippen molar-refractivity contribution >= 4 is 39.1 Å². The highest BCUT2D eigenvalue weighted by molar-refractivity contribution is 9.10. The number of amides is 1. The Labute approximate surface area is 161 Å². The maximum Gasteiger partial charge on any atom is 0.253 e. The summed E-state index contributed by atoms with van der Waals surface area (Å²) in [6, 6.07) is 13.3. The van der Waals surface area contributed by atoms with E-state index in [-0.39, 0.29) is 11.9 Å². The number of benzene rings is 2. The number of hydrogen-bond donors (Lipinski definition) is 1. The number of para-hydroxylation sites is 2. The molecule has 1 amide bonds. The fraction of sp³-hybridized carbons (Fsp3) is 0.316. The Morgan fingerprint density at radius 2 is 2.12 bits per heavy atom. The summed E-state index contributed by atoms with van der Waals surface area (Å²) in [5.74, 6) is 0.717. The molecule has 3 rings (SSSR count). The number of hydrogen-bond acceptors (Lipinski definition) is 3. The van der Waals surface area contributed by atoms with Crippen LogP contribution >= 0.6 is 27.5 Å². The van der Waals surface area contributed by atoms with E-state index in [4.69, 9.17) is 16.3 Å². The normalized spacial score (nSPS) is 17.2. The predicted molar refractivity (Wildman–Crippen MR) is 105 cm³/mol. The van der Waals surface area contributed by atoms with Gasteiger partial charge < -0.3 is 15.0 Å². The van der Waals surface area contributed by atoms with E-state index in [1.807, 2.05) is 24.3 Å². The summed E-state index contributed by atoms with van der Waals surface area (Å²) in [7, 11) is 1.68. The van der Waals surface area contributed by atoms with Crippen LogP contribution in [0.5, 0.6) is 5.75 Å². The highest BCUT2D eigenvalue weighted by atomic mass is 79.9. The van der Waals surface area contributed by atoms with Crippen LogP contribution in [0.4, 0.5) is 5.69 Å². The van der Waals surface area contributed by atoms with Gasteiger partial charge in [0.15, 0.2) is 0 Å². The van der Waals surface area contributed by atoms with Gasteiger partial charge in [0, 0.05) is 23.6 Å². The summed E-state index contributed by atoms with van der Waals surface area (Å²) in [4.78, 5) is 14.8. The van der Waals surface area contributed by atoms with Crippen molar-refractivity contribution in [1.82, 2.24) is 5.32 Å². The van der Waals surface area contributed by atoms with Gasteiger partial charge in [-0.05, 0) is 43.2 Å². The van der Waals surface area contributed by atoms with Gasteiger partial charge in [-0.1, -0.05) is 39.7 Å². The molecule has 0 spiro atoms. The van der Waals surface area contributed by atoms with Crippen molar-refractivity contribution in [3.05, 3.63) is 57.5 Å². The highest BCUT2D eigenvalue weighted by Gasteiger charge is 2.24. The maximum atomic E-state index is 12.6. The van der Waals surface area contributed by atoms with Gasteiger partial charge in [-0.25, -0.2) is 0 Å². The van der Waals surface area contributed by atoms with Gasteiger partial charge in [-0.15, -0.1) is 0 Å². The second kappa shape index (κ2) is 8.11. The number of carbonyl (C=O) groups excluding carboxylic acids is 1. The van der Waals surface area contributed by atoms with Crippen LogP contribution in [0, 0.1) is 0 Å². The summed E-state index contributed by atoms with van der Waals surface area (Å²) in [6.07, 6.45) is 1.96. The molecule has 0 bridgehead atoms. The molecule has 0 aromatic heterocycles. The molecule has 6 heteroatoms. The smallest absolute Gasteiger partial charge is 0.253 e. The van der Waals surface area contributed by atoms with E-state index < -0.39 is 0 Å². The first-order valence-electron chi connectivity index (χ1n) is 8.22. The van der Waals surface area contributed by atoms with Crippen molar-refractivity contribution < 1.29 is 9.53 Å². The first-order valence-corrected chi connectivity index (χ1v) is 9.39. The monoisotopic (exact) mass is 422 g/mol. The Kier molecular flexibility index (Phi) is 5.86. The highest BCUT2D eigenvalue weighted by Crippen LogP contribution is 2.30. The molecule has 1 heterocycles. The van der Waals surface area contributed by atoms with Crippen molar-refractivity contribution in [2.24, 2.45) is 0 Å². The van der Waals surface area contributed by atoms with Crippen LogP contribution in [-0.4, -0.2) is 32.1 Å². The number of methoxy groups -OCH3 is 1. The zero-order valence-electron chi connectivity index (χ0n) is 14.0. The molecule has 0 saturated carbocycles. The molecule has 0 radical (unpaired) electrons. The average Bonchev–Trinajstić information content (AvgIpc) is 2.61. The molecule has 1 unspecified atom stereocenters. The maximum absolute atomic E-state index is 12.6. The van der Waals surface area contributed by atoms with Crippen molar-refractivity contribution in [2.75, 3.05) is 25.1 Å². The number of rotatable bonds is 4. The van der Waals surface area contributed by atoms with E-state index in [9.17, 15) is 4.79 Å². The number of piperidine rings is 1. The number of anilines is 1. The van der Waals surface area contributed by atoms with Crippen LogP contribution in [0.1, 0.15) is 23.2 Å². The first kappa shape index (κ1) is 18.1. The molecular formula is C19H20BrClN2O2. The van der Waals surface area contributed by atoms with Gasteiger partial charge >= 0.3 is 0 Å². The number of nitrogens with one attached hydrogen (secondary N) is 1. The van der Waals surface area contributed by atoms with Crippen LogP contribution in [-0.2, 0) is 0 Å². The van der Waals surface area contributed by atoms with Crippen molar-refractivity contribution in [3.8, 4) is 5.75 Å². The Morgan fingerprint density at radius 1 is 1.32 bits per heavy atom. The summed E-state index contributed by atoms with van der Waals surface area (Å²) in [5, 5.41) is 3.56. The third kappa shape index (κ3) is 4.28. The molecule has 1 fully saturated rings. The Bertz CT molecular complexity index is 769. The molecule has 2 aromatic carbocycles. The fourth-order valence-corrected chi connectivity index (χ4v) is 3.90. The Balaban J connectivity index is 1.70. The summed E-state index contributed by atoms with van der Waals surface area (Å²) < 4.78 is 6.32. The van der Waals surface area contributed by atoms with Gasteiger partial charge in [0.25, 0.3) is 5.91 Å². The minimum atomic E-state index is -0.135. The molecule has 1 atom stereocenters. The SMILES string of the molecule is COc1ccccc1N1CCCC(NC(=O)c2ccc(Br)cc2Cl)C1. The zero-order chi connectivity index (χ0) is 17.8. The largest absolute Gasteiger partial charge is 0.495 e. The lowest BCUT2D eigenvalue weighted by molar-refractivity contribution is 0.0933. The van der Waals surface area contributed by atoms with E-state index in [2.05, 4.69) is 32.2 Å². The van der Waals surface area contributed by atoms with Gasteiger partial charge in [0.05, 0.1) is 23.4 Å².